The summed E-state index contributed by atoms with van der Waals surface area (Å²) in [7, 11) is 1.56. The molecule has 124 valence electrons. The zero-order chi connectivity index (χ0) is 17.0. The molecule has 1 heterocycles. The summed E-state index contributed by atoms with van der Waals surface area (Å²) in [4.78, 5) is 12.1. The average molecular weight is 448 g/mol. The molecule has 23 heavy (non-hydrogen) atoms. The van der Waals surface area contributed by atoms with Crippen molar-refractivity contribution in [3.63, 3.8) is 0 Å². The normalized spacial score (nSPS) is 10.7. The number of halogens is 2. The molecule has 1 aromatic heterocycles. The van der Waals surface area contributed by atoms with Gasteiger partial charge in [-0.25, -0.2) is 0 Å². The third kappa shape index (κ3) is 4.60. The monoisotopic (exact) mass is 447 g/mol. The molecule has 1 N–H and O–H groups in total. The van der Waals surface area contributed by atoms with Crippen molar-refractivity contribution in [3.8, 4) is 5.75 Å². The fourth-order valence-electron chi connectivity index (χ4n) is 2.27. The summed E-state index contributed by atoms with van der Waals surface area (Å²) in [6, 6.07) is 5.14. The Morgan fingerprint density at radius 3 is 2.78 bits per heavy atom. The SMILES string of the molecule is COc1ccc(Cl)cc1NC(=O)CCCn1nc(C)c(I)c1C. The van der Waals surface area contributed by atoms with Gasteiger partial charge in [-0.15, -0.1) is 0 Å². The van der Waals surface area contributed by atoms with Crippen LogP contribution in [0.25, 0.3) is 0 Å². The van der Waals surface area contributed by atoms with E-state index in [-0.39, 0.29) is 5.91 Å². The molecule has 5 nitrogen and oxygen atoms in total. The molecule has 0 atom stereocenters. The minimum Gasteiger partial charge on any atom is -0.495 e. The molecule has 0 fully saturated rings. The quantitative estimate of drug-likeness (QED) is 0.676. The Bertz CT molecular complexity index is 716. The lowest BCUT2D eigenvalue weighted by Gasteiger charge is -2.10. The molecule has 0 radical (unpaired) electrons. The Kier molecular flexibility index (Phi) is 6.29. The Morgan fingerprint density at radius 2 is 2.17 bits per heavy atom. The molecule has 0 saturated heterocycles. The van der Waals surface area contributed by atoms with Gasteiger partial charge >= 0.3 is 0 Å². The van der Waals surface area contributed by atoms with Gasteiger partial charge in [0.25, 0.3) is 0 Å². The van der Waals surface area contributed by atoms with Crippen LogP contribution in [0.3, 0.4) is 0 Å². The van der Waals surface area contributed by atoms with Crippen molar-refractivity contribution >= 4 is 45.8 Å². The van der Waals surface area contributed by atoms with E-state index in [0.717, 1.165) is 17.9 Å². The van der Waals surface area contributed by atoms with Crippen LogP contribution in [0.1, 0.15) is 24.2 Å². The number of aryl methyl sites for hydroxylation is 2. The average Bonchev–Trinajstić information content (AvgIpc) is 2.75. The van der Waals surface area contributed by atoms with Gasteiger partial charge in [0.2, 0.25) is 5.91 Å². The smallest absolute Gasteiger partial charge is 0.224 e. The van der Waals surface area contributed by atoms with Crippen molar-refractivity contribution in [3.05, 3.63) is 38.2 Å². The molecule has 0 saturated carbocycles. The van der Waals surface area contributed by atoms with E-state index in [4.69, 9.17) is 16.3 Å². The van der Waals surface area contributed by atoms with E-state index < -0.39 is 0 Å². The molecule has 0 aliphatic heterocycles. The molecule has 0 aliphatic carbocycles. The van der Waals surface area contributed by atoms with Gasteiger partial charge in [-0.05, 0) is 61.1 Å². The number of amides is 1. The van der Waals surface area contributed by atoms with Crippen LogP contribution in [0.4, 0.5) is 5.69 Å². The maximum absolute atomic E-state index is 12.1. The van der Waals surface area contributed by atoms with Gasteiger partial charge in [-0.1, -0.05) is 11.6 Å². The largest absolute Gasteiger partial charge is 0.495 e. The highest BCUT2D eigenvalue weighted by molar-refractivity contribution is 14.1. The predicted octanol–water partition coefficient (Wildman–Crippen LogP) is 4.19. The molecule has 0 spiro atoms. The highest BCUT2D eigenvalue weighted by Crippen LogP contribution is 2.27. The fraction of sp³-hybridized carbons (Fsp3) is 0.375. The number of aromatic nitrogens is 2. The van der Waals surface area contributed by atoms with E-state index in [9.17, 15) is 4.79 Å². The first-order valence-corrected chi connectivity index (χ1v) is 8.71. The van der Waals surface area contributed by atoms with Crippen molar-refractivity contribution in [1.82, 2.24) is 9.78 Å². The van der Waals surface area contributed by atoms with Gasteiger partial charge in [0, 0.05) is 23.7 Å². The Labute approximate surface area is 154 Å². The minimum absolute atomic E-state index is 0.0678. The number of methoxy groups -OCH3 is 1. The number of rotatable bonds is 6. The molecule has 1 aromatic carbocycles. The van der Waals surface area contributed by atoms with Crippen molar-refractivity contribution in [1.29, 1.82) is 0 Å². The summed E-state index contributed by atoms with van der Waals surface area (Å²) in [5.74, 6) is 0.526. The van der Waals surface area contributed by atoms with Crippen LogP contribution < -0.4 is 10.1 Å². The number of nitrogens with zero attached hydrogens (tertiary/aromatic N) is 2. The van der Waals surface area contributed by atoms with E-state index >= 15 is 0 Å². The van der Waals surface area contributed by atoms with E-state index in [1.54, 1.807) is 25.3 Å². The van der Waals surface area contributed by atoms with Crippen LogP contribution in [0, 0.1) is 17.4 Å². The van der Waals surface area contributed by atoms with Crippen LogP contribution in [-0.4, -0.2) is 22.8 Å². The zero-order valence-electron chi connectivity index (χ0n) is 13.3. The predicted molar refractivity (Wildman–Crippen MR) is 100 cm³/mol. The van der Waals surface area contributed by atoms with Crippen molar-refractivity contribution in [2.75, 3.05) is 12.4 Å². The molecule has 0 unspecified atom stereocenters. The highest BCUT2D eigenvalue weighted by Gasteiger charge is 2.11. The maximum atomic E-state index is 12.1. The number of benzene rings is 1. The number of anilines is 1. The number of carbonyl (C=O) groups excluding carboxylic acids is 1. The van der Waals surface area contributed by atoms with Gasteiger partial charge in [0.1, 0.15) is 5.75 Å². The second-order valence-electron chi connectivity index (χ2n) is 5.20. The highest BCUT2D eigenvalue weighted by atomic mass is 127. The van der Waals surface area contributed by atoms with Gasteiger partial charge in [-0.2, -0.15) is 5.10 Å². The Hall–Kier alpha value is -1.28. The number of ether oxygens (including phenoxy) is 1. The van der Waals surface area contributed by atoms with Gasteiger partial charge in [0.05, 0.1) is 22.1 Å². The number of hydrogen-bond donors (Lipinski definition) is 1. The summed E-state index contributed by atoms with van der Waals surface area (Å²) in [5, 5.41) is 7.86. The first-order valence-electron chi connectivity index (χ1n) is 7.25. The molecular weight excluding hydrogens is 429 g/mol. The lowest BCUT2D eigenvalue weighted by atomic mass is 10.2. The minimum atomic E-state index is -0.0678. The van der Waals surface area contributed by atoms with E-state index in [1.807, 2.05) is 18.5 Å². The third-order valence-electron chi connectivity index (χ3n) is 3.50. The van der Waals surface area contributed by atoms with Gasteiger partial charge < -0.3 is 10.1 Å². The number of hydrogen-bond acceptors (Lipinski definition) is 3. The van der Waals surface area contributed by atoms with Crippen molar-refractivity contribution in [2.45, 2.75) is 33.2 Å². The zero-order valence-corrected chi connectivity index (χ0v) is 16.2. The van der Waals surface area contributed by atoms with E-state index in [2.05, 4.69) is 33.0 Å². The summed E-state index contributed by atoms with van der Waals surface area (Å²) in [6.07, 6.45) is 1.12. The van der Waals surface area contributed by atoms with Gasteiger partial charge in [0.15, 0.2) is 0 Å². The molecule has 7 heteroatoms. The molecule has 0 bridgehead atoms. The summed E-state index contributed by atoms with van der Waals surface area (Å²) in [5.41, 5.74) is 2.75. The molecule has 1 amide bonds. The standard InChI is InChI=1S/C16H19ClIN3O2/c1-10-16(18)11(2)21(20-10)8-4-5-15(22)19-13-9-12(17)6-7-14(13)23-3/h6-7,9H,4-5,8H2,1-3H3,(H,19,22). The second kappa shape index (κ2) is 8.01. The number of nitrogens with one attached hydrogen (secondary N) is 1. The van der Waals surface area contributed by atoms with E-state index in [1.165, 1.54) is 3.57 Å². The lowest BCUT2D eigenvalue weighted by Crippen LogP contribution is -2.13. The summed E-state index contributed by atoms with van der Waals surface area (Å²) < 4.78 is 8.34. The third-order valence-corrected chi connectivity index (χ3v) is 5.30. The molecule has 0 aliphatic rings. The Balaban J connectivity index is 1.90. The van der Waals surface area contributed by atoms with Crippen molar-refractivity contribution in [2.24, 2.45) is 0 Å². The molecule has 2 aromatic rings. The molecular formula is C16H19ClIN3O2. The first-order chi connectivity index (χ1) is 10.9. The second-order valence-corrected chi connectivity index (χ2v) is 6.72. The topological polar surface area (TPSA) is 56.1 Å². The van der Waals surface area contributed by atoms with E-state index in [0.29, 0.717) is 29.3 Å². The molecule has 2 rings (SSSR count). The van der Waals surface area contributed by atoms with Crippen LogP contribution in [0.2, 0.25) is 5.02 Å². The maximum Gasteiger partial charge on any atom is 0.224 e. The van der Waals surface area contributed by atoms with Crippen LogP contribution in [0.15, 0.2) is 18.2 Å². The summed E-state index contributed by atoms with van der Waals surface area (Å²) in [6.45, 7) is 4.75. The lowest BCUT2D eigenvalue weighted by molar-refractivity contribution is -0.116. The van der Waals surface area contributed by atoms with Crippen LogP contribution in [0.5, 0.6) is 5.75 Å². The first kappa shape index (κ1) is 18.1. The van der Waals surface area contributed by atoms with Gasteiger partial charge in [-0.3, -0.25) is 9.48 Å². The summed E-state index contributed by atoms with van der Waals surface area (Å²) >= 11 is 8.25. The Morgan fingerprint density at radius 1 is 1.43 bits per heavy atom. The van der Waals surface area contributed by atoms with Crippen LogP contribution >= 0.6 is 34.2 Å². The fourth-order valence-corrected chi connectivity index (χ4v) is 2.83. The number of carbonyl (C=O) groups is 1. The van der Waals surface area contributed by atoms with Crippen molar-refractivity contribution < 1.29 is 9.53 Å². The van der Waals surface area contributed by atoms with Crippen LogP contribution in [-0.2, 0) is 11.3 Å².